The molecular weight excluding hydrogens is 214 g/mol. The van der Waals surface area contributed by atoms with Gasteiger partial charge in [-0.2, -0.15) is 0 Å². The van der Waals surface area contributed by atoms with Crippen LogP contribution in [0.2, 0.25) is 0 Å². The van der Waals surface area contributed by atoms with E-state index in [-0.39, 0.29) is 6.42 Å². The molecular formula is C12H12F2O2. The molecule has 0 saturated heterocycles. The van der Waals surface area contributed by atoms with Gasteiger partial charge in [-0.3, -0.25) is 4.79 Å². The topological polar surface area (TPSA) is 37.3 Å². The van der Waals surface area contributed by atoms with E-state index >= 15 is 0 Å². The summed E-state index contributed by atoms with van der Waals surface area (Å²) >= 11 is 0. The minimum Gasteiger partial charge on any atom is -0.481 e. The van der Waals surface area contributed by atoms with E-state index in [1.165, 1.54) is 19.1 Å². The highest BCUT2D eigenvalue weighted by Gasteiger charge is 2.29. The standard InChI is InChI=1S/C12H12F2O2/c1-3-12(2,11(15)16)7-8-4-5-9(13)10(14)6-8/h3-6H,1,7H2,2H3,(H,15,16). The van der Waals surface area contributed by atoms with Crippen molar-refractivity contribution in [1.29, 1.82) is 0 Å². The summed E-state index contributed by atoms with van der Waals surface area (Å²) in [6.07, 6.45) is 1.36. The number of carboxylic acid groups (broad SMARTS) is 1. The number of aliphatic carboxylic acids is 1. The average Bonchev–Trinajstić information content (AvgIpc) is 2.23. The summed E-state index contributed by atoms with van der Waals surface area (Å²) in [7, 11) is 0. The zero-order chi connectivity index (χ0) is 12.3. The molecule has 0 aliphatic heterocycles. The third-order valence-corrected chi connectivity index (χ3v) is 2.49. The minimum atomic E-state index is -1.18. The van der Waals surface area contributed by atoms with E-state index in [1.807, 2.05) is 0 Å². The molecule has 0 amide bonds. The van der Waals surface area contributed by atoms with Gasteiger partial charge in [0.05, 0.1) is 5.41 Å². The predicted molar refractivity (Wildman–Crippen MR) is 56.0 cm³/mol. The van der Waals surface area contributed by atoms with Crippen LogP contribution in [0.3, 0.4) is 0 Å². The maximum atomic E-state index is 12.9. The van der Waals surface area contributed by atoms with Gasteiger partial charge in [-0.25, -0.2) is 8.78 Å². The maximum Gasteiger partial charge on any atom is 0.313 e. The van der Waals surface area contributed by atoms with Gasteiger partial charge in [-0.1, -0.05) is 12.1 Å². The molecule has 1 unspecified atom stereocenters. The Bertz CT molecular complexity index is 429. The van der Waals surface area contributed by atoms with Crippen LogP contribution in [0.25, 0.3) is 0 Å². The second-order valence-electron chi connectivity index (χ2n) is 3.85. The van der Waals surface area contributed by atoms with Crippen LogP contribution in [-0.2, 0) is 11.2 Å². The molecule has 1 atom stereocenters. The summed E-state index contributed by atoms with van der Waals surface area (Å²) in [6.45, 7) is 4.92. The van der Waals surface area contributed by atoms with Crippen molar-refractivity contribution < 1.29 is 18.7 Å². The molecule has 1 aromatic rings. The number of carboxylic acids is 1. The Balaban J connectivity index is 2.99. The van der Waals surface area contributed by atoms with Crippen molar-refractivity contribution in [3.63, 3.8) is 0 Å². The zero-order valence-electron chi connectivity index (χ0n) is 8.84. The van der Waals surface area contributed by atoms with Gasteiger partial charge >= 0.3 is 5.97 Å². The Morgan fingerprint density at radius 3 is 2.56 bits per heavy atom. The molecule has 86 valence electrons. The van der Waals surface area contributed by atoms with Gasteiger partial charge in [-0.15, -0.1) is 6.58 Å². The van der Waals surface area contributed by atoms with E-state index in [9.17, 15) is 13.6 Å². The van der Waals surface area contributed by atoms with E-state index in [0.717, 1.165) is 12.1 Å². The predicted octanol–water partition coefficient (Wildman–Crippen LogP) is 2.78. The van der Waals surface area contributed by atoms with Gasteiger partial charge in [0.25, 0.3) is 0 Å². The van der Waals surface area contributed by atoms with Crippen LogP contribution in [0, 0.1) is 17.0 Å². The summed E-state index contributed by atoms with van der Waals surface area (Å²) < 4.78 is 25.6. The first kappa shape index (κ1) is 12.4. The highest BCUT2D eigenvalue weighted by molar-refractivity contribution is 5.76. The molecule has 0 bridgehead atoms. The van der Waals surface area contributed by atoms with Gasteiger partial charge < -0.3 is 5.11 Å². The molecule has 0 fully saturated rings. The molecule has 1 aromatic carbocycles. The molecule has 0 saturated carbocycles. The molecule has 16 heavy (non-hydrogen) atoms. The first-order valence-electron chi connectivity index (χ1n) is 4.70. The lowest BCUT2D eigenvalue weighted by Crippen LogP contribution is -2.27. The molecule has 0 aliphatic carbocycles. The Kier molecular flexibility index (Phi) is 3.42. The van der Waals surface area contributed by atoms with Crippen LogP contribution in [0.4, 0.5) is 8.78 Å². The largest absolute Gasteiger partial charge is 0.481 e. The van der Waals surface area contributed by atoms with Crippen LogP contribution in [-0.4, -0.2) is 11.1 Å². The van der Waals surface area contributed by atoms with Crippen molar-refractivity contribution in [3.05, 3.63) is 48.1 Å². The van der Waals surface area contributed by atoms with Crippen molar-refractivity contribution in [2.24, 2.45) is 5.41 Å². The van der Waals surface area contributed by atoms with Gasteiger partial charge in [0.2, 0.25) is 0 Å². The number of carbonyl (C=O) groups is 1. The lowest BCUT2D eigenvalue weighted by Gasteiger charge is -2.20. The lowest BCUT2D eigenvalue weighted by molar-refractivity contribution is -0.145. The number of rotatable bonds is 4. The molecule has 1 N–H and O–H groups in total. The highest BCUT2D eigenvalue weighted by atomic mass is 19.2. The fourth-order valence-electron chi connectivity index (χ4n) is 1.31. The number of benzene rings is 1. The van der Waals surface area contributed by atoms with Crippen LogP contribution in [0.15, 0.2) is 30.9 Å². The summed E-state index contributed by atoms with van der Waals surface area (Å²) in [4.78, 5) is 11.0. The Morgan fingerprint density at radius 2 is 2.12 bits per heavy atom. The average molecular weight is 226 g/mol. The smallest absolute Gasteiger partial charge is 0.313 e. The fourth-order valence-corrected chi connectivity index (χ4v) is 1.31. The lowest BCUT2D eigenvalue weighted by atomic mass is 9.84. The molecule has 4 heteroatoms. The van der Waals surface area contributed by atoms with Crippen LogP contribution >= 0.6 is 0 Å². The number of hydrogen-bond acceptors (Lipinski definition) is 1. The van der Waals surface area contributed by atoms with Crippen molar-refractivity contribution in [2.45, 2.75) is 13.3 Å². The van der Waals surface area contributed by atoms with Crippen molar-refractivity contribution in [2.75, 3.05) is 0 Å². The normalized spacial score (nSPS) is 14.2. The van der Waals surface area contributed by atoms with E-state index in [2.05, 4.69) is 6.58 Å². The van der Waals surface area contributed by atoms with Gasteiger partial charge in [0.15, 0.2) is 11.6 Å². The number of halogens is 2. The third kappa shape index (κ3) is 2.45. The summed E-state index contributed by atoms with van der Waals surface area (Å²) in [5, 5.41) is 8.98. The van der Waals surface area contributed by atoms with Crippen molar-refractivity contribution in [1.82, 2.24) is 0 Å². The second-order valence-corrected chi connectivity index (χ2v) is 3.85. The van der Waals surface area contributed by atoms with Crippen molar-refractivity contribution in [3.8, 4) is 0 Å². The van der Waals surface area contributed by atoms with E-state index in [1.54, 1.807) is 0 Å². The SMILES string of the molecule is C=CC(C)(Cc1ccc(F)c(F)c1)C(=O)O. The first-order chi connectivity index (χ1) is 7.39. The Hall–Kier alpha value is -1.71. The molecule has 2 nitrogen and oxygen atoms in total. The van der Waals surface area contributed by atoms with Crippen LogP contribution < -0.4 is 0 Å². The zero-order valence-corrected chi connectivity index (χ0v) is 8.84. The van der Waals surface area contributed by atoms with E-state index in [4.69, 9.17) is 5.11 Å². The van der Waals surface area contributed by atoms with Gasteiger partial charge in [0, 0.05) is 0 Å². The van der Waals surface area contributed by atoms with Crippen molar-refractivity contribution >= 4 is 5.97 Å². The quantitative estimate of drug-likeness (QED) is 0.801. The van der Waals surface area contributed by atoms with Gasteiger partial charge in [0.1, 0.15) is 0 Å². The summed E-state index contributed by atoms with van der Waals surface area (Å²) in [5.41, 5.74) is -0.756. The van der Waals surface area contributed by atoms with E-state index < -0.39 is 23.0 Å². The third-order valence-electron chi connectivity index (χ3n) is 2.49. The first-order valence-corrected chi connectivity index (χ1v) is 4.70. The molecule has 0 radical (unpaired) electrons. The van der Waals surface area contributed by atoms with E-state index in [0.29, 0.717) is 5.56 Å². The molecule has 0 heterocycles. The second kappa shape index (κ2) is 4.43. The van der Waals surface area contributed by atoms with Gasteiger partial charge in [-0.05, 0) is 31.0 Å². The number of hydrogen-bond donors (Lipinski definition) is 1. The fraction of sp³-hybridized carbons (Fsp3) is 0.250. The summed E-state index contributed by atoms with van der Waals surface area (Å²) in [5.74, 6) is -2.97. The Morgan fingerprint density at radius 1 is 1.50 bits per heavy atom. The molecule has 0 spiro atoms. The van der Waals surface area contributed by atoms with Crippen LogP contribution in [0.1, 0.15) is 12.5 Å². The maximum absolute atomic E-state index is 12.9. The molecule has 0 aromatic heterocycles. The Labute approximate surface area is 92.2 Å². The van der Waals surface area contributed by atoms with Crippen LogP contribution in [0.5, 0.6) is 0 Å². The molecule has 1 rings (SSSR count). The molecule has 0 aliphatic rings. The monoisotopic (exact) mass is 226 g/mol. The highest BCUT2D eigenvalue weighted by Crippen LogP contribution is 2.25. The minimum absolute atomic E-state index is 0.0725. The summed E-state index contributed by atoms with van der Waals surface area (Å²) in [6, 6.07) is 3.35.